The lowest BCUT2D eigenvalue weighted by atomic mass is 9.98. The van der Waals surface area contributed by atoms with Gasteiger partial charge in [-0.1, -0.05) is 66.7 Å². The summed E-state index contributed by atoms with van der Waals surface area (Å²) >= 11 is 0. The van der Waals surface area contributed by atoms with Crippen LogP contribution in [-0.4, -0.2) is 53.2 Å². The normalized spacial score (nSPS) is 18.3. The number of aliphatic carboxylic acids is 1. The summed E-state index contributed by atoms with van der Waals surface area (Å²) in [5, 5.41) is 21.2. The van der Waals surface area contributed by atoms with E-state index in [-0.39, 0.29) is 31.1 Å². The minimum absolute atomic E-state index is 0.00146. The maximum Gasteiger partial charge on any atom is 0.303 e. The smallest absolute Gasteiger partial charge is 0.303 e. The number of carbonyl (C=O) groups excluding carboxylic acids is 1. The molecular formula is C35H42N2O6. The molecule has 1 heterocycles. The zero-order valence-electron chi connectivity index (χ0n) is 24.8. The van der Waals surface area contributed by atoms with E-state index >= 15 is 0 Å². The molecule has 0 aromatic heterocycles. The largest absolute Gasteiger partial charge is 0.481 e. The highest BCUT2D eigenvalue weighted by Crippen LogP contribution is 2.39. The Hall–Kier alpha value is -3.82. The molecule has 3 N–H and O–H groups in total. The van der Waals surface area contributed by atoms with Gasteiger partial charge < -0.3 is 29.9 Å². The van der Waals surface area contributed by atoms with Crippen LogP contribution < -0.4 is 5.32 Å². The molecule has 8 heteroatoms. The fourth-order valence-electron chi connectivity index (χ4n) is 5.25. The first-order valence-corrected chi connectivity index (χ1v) is 14.8. The van der Waals surface area contributed by atoms with Gasteiger partial charge in [-0.3, -0.25) is 9.59 Å². The van der Waals surface area contributed by atoms with Gasteiger partial charge >= 0.3 is 5.97 Å². The Bertz CT molecular complexity index is 1360. The van der Waals surface area contributed by atoms with Gasteiger partial charge in [-0.05, 0) is 59.8 Å². The van der Waals surface area contributed by atoms with Crippen LogP contribution in [-0.2, 0) is 32.2 Å². The van der Waals surface area contributed by atoms with E-state index in [1.54, 1.807) is 0 Å². The number of carbonyl (C=O) groups is 2. The number of hydrogen-bond donors (Lipinski definition) is 3. The first-order valence-electron chi connectivity index (χ1n) is 14.8. The maximum absolute atomic E-state index is 12.2. The molecule has 3 aromatic carbocycles. The summed E-state index contributed by atoms with van der Waals surface area (Å²) in [5.74, 6) is -0.926. The average Bonchev–Trinajstić information content (AvgIpc) is 3.02. The molecule has 3 atom stereocenters. The Morgan fingerprint density at radius 3 is 2.40 bits per heavy atom. The third kappa shape index (κ3) is 9.86. The molecule has 43 heavy (non-hydrogen) atoms. The van der Waals surface area contributed by atoms with Gasteiger partial charge in [-0.25, -0.2) is 0 Å². The summed E-state index contributed by atoms with van der Waals surface area (Å²) in [4.78, 5) is 25.1. The van der Waals surface area contributed by atoms with Crippen LogP contribution >= 0.6 is 0 Å². The Morgan fingerprint density at radius 2 is 1.67 bits per heavy atom. The van der Waals surface area contributed by atoms with Crippen LogP contribution in [0.3, 0.4) is 0 Å². The van der Waals surface area contributed by atoms with Crippen LogP contribution in [0.25, 0.3) is 11.1 Å². The molecular weight excluding hydrogens is 544 g/mol. The molecule has 0 aliphatic carbocycles. The average molecular weight is 587 g/mol. The summed E-state index contributed by atoms with van der Waals surface area (Å²) < 4.78 is 13.0. The Kier molecular flexibility index (Phi) is 12.1. The minimum Gasteiger partial charge on any atom is -0.481 e. The van der Waals surface area contributed by atoms with Crippen molar-refractivity contribution in [3.8, 4) is 11.1 Å². The highest BCUT2D eigenvalue weighted by atomic mass is 16.7. The van der Waals surface area contributed by atoms with Crippen molar-refractivity contribution >= 4 is 11.9 Å². The molecule has 0 radical (unpaired) electrons. The SMILES string of the molecule is C=CCN(C)C[C@@H]1C[C@H](c2ccc(CO)cc2)O[C@H](c2cccc(-c3cccc(CNC(=O)CCCCC(=O)O)c3)c2)O1. The molecule has 1 fully saturated rings. The summed E-state index contributed by atoms with van der Waals surface area (Å²) in [7, 11) is 2.05. The molecule has 1 amide bonds. The standard InChI is InChI=1S/C35H42N2O6/c1-3-18-37(2)23-31-21-32(27-16-14-25(24-38)15-17-27)43-35(42-31)30-11-7-10-29(20-30)28-9-6-8-26(19-28)22-36-33(39)12-4-5-13-34(40)41/h3,6-11,14-17,19-20,31-32,35,38H,1,4-5,12-13,18,21-24H2,2H3,(H,36,39)(H,40,41)/t31-,32+,35+/m0/s1. The van der Waals surface area contributed by atoms with E-state index < -0.39 is 12.3 Å². The van der Waals surface area contributed by atoms with Crippen molar-refractivity contribution in [1.82, 2.24) is 10.2 Å². The van der Waals surface area contributed by atoms with Gasteiger partial charge in [-0.2, -0.15) is 0 Å². The number of hydrogen-bond acceptors (Lipinski definition) is 6. The number of amides is 1. The lowest BCUT2D eigenvalue weighted by Crippen LogP contribution is -2.37. The zero-order chi connectivity index (χ0) is 30.6. The summed E-state index contributed by atoms with van der Waals surface area (Å²) in [5.41, 5.74) is 5.84. The van der Waals surface area contributed by atoms with Gasteiger partial charge in [0.1, 0.15) is 0 Å². The van der Waals surface area contributed by atoms with Gasteiger partial charge in [0.15, 0.2) is 6.29 Å². The van der Waals surface area contributed by atoms with Crippen LogP contribution in [0.2, 0.25) is 0 Å². The lowest BCUT2D eigenvalue weighted by molar-refractivity contribution is -0.252. The van der Waals surface area contributed by atoms with E-state index in [0.29, 0.717) is 32.2 Å². The summed E-state index contributed by atoms with van der Waals surface area (Å²) in [6.45, 7) is 5.76. The molecule has 4 rings (SSSR count). The number of aliphatic hydroxyl groups is 1. The van der Waals surface area contributed by atoms with E-state index in [1.807, 2.05) is 66.7 Å². The first kappa shape index (κ1) is 32.1. The Balaban J connectivity index is 1.46. The summed E-state index contributed by atoms with van der Waals surface area (Å²) in [6.07, 6.45) is 3.27. The third-order valence-corrected chi connectivity index (χ3v) is 7.52. The number of aliphatic hydroxyl groups excluding tert-OH is 1. The van der Waals surface area contributed by atoms with Crippen LogP contribution in [0.1, 0.15) is 66.8 Å². The summed E-state index contributed by atoms with van der Waals surface area (Å²) in [6, 6.07) is 24.1. The first-order chi connectivity index (χ1) is 20.8. The molecule has 3 aromatic rings. The van der Waals surface area contributed by atoms with E-state index in [9.17, 15) is 14.7 Å². The predicted octanol–water partition coefficient (Wildman–Crippen LogP) is 5.77. The fourth-order valence-corrected chi connectivity index (χ4v) is 5.25. The molecule has 0 spiro atoms. The number of nitrogens with zero attached hydrogens (tertiary/aromatic N) is 1. The number of carboxylic acids is 1. The van der Waals surface area contributed by atoms with Crippen LogP contribution in [0, 0.1) is 0 Å². The van der Waals surface area contributed by atoms with E-state index in [1.165, 1.54) is 0 Å². The van der Waals surface area contributed by atoms with Crippen molar-refractivity contribution in [2.75, 3.05) is 20.1 Å². The quantitative estimate of drug-likeness (QED) is 0.153. The number of benzene rings is 3. The minimum atomic E-state index is -0.841. The second kappa shape index (κ2) is 16.1. The Morgan fingerprint density at radius 1 is 0.953 bits per heavy atom. The maximum atomic E-state index is 12.2. The number of likely N-dealkylation sites (N-methyl/N-ethyl adjacent to an activating group) is 1. The van der Waals surface area contributed by atoms with E-state index in [4.69, 9.17) is 14.6 Å². The second-order valence-corrected chi connectivity index (χ2v) is 11.1. The molecule has 0 saturated carbocycles. The predicted molar refractivity (Wildman–Crippen MR) is 166 cm³/mol. The molecule has 8 nitrogen and oxygen atoms in total. The van der Waals surface area contributed by atoms with Gasteiger partial charge in [0.2, 0.25) is 5.91 Å². The lowest BCUT2D eigenvalue weighted by Gasteiger charge is -2.37. The van der Waals surface area contributed by atoms with Crippen LogP contribution in [0.15, 0.2) is 85.5 Å². The van der Waals surface area contributed by atoms with Gasteiger partial charge in [0.25, 0.3) is 0 Å². The molecule has 228 valence electrons. The second-order valence-electron chi connectivity index (χ2n) is 11.1. The zero-order valence-corrected chi connectivity index (χ0v) is 24.8. The monoisotopic (exact) mass is 586 g/mol. The number of unbranched alkanes of at least 4 members (excludes halogenated alkanes) is 1. The topological polar surface area (TPSA) is 108 Å². The highest BCUT2D eigenvalue weighted by Gasteiger charge is 2.32. The molecule has 1 aliphatic rings. The number of carboxylic acid groups (broad SMARTS) is 1. The Labute approximate surface area is 254 Å². The highest BCUT2D eigenvalue weighted by molar-refractivity contribution is 5.76. The van der Waals surface area contributed by atoms with Gasteiger partial charge in [0, 0.05) is 44.5 Å². The fraction of sp³-hybridized carbons (Fsp3) is 0.371. The third-order valence-electron chi connectivity index (χ3n) is 7.52. The van der Waals surface area contributed by atoms with Gasteiger partial charge in [0.05, 0.1) is 18.8 Å². The van der Waals surface area contributed by atoms with Crippen molar-refractivity contribution in [1.29, 1.82) is 0 Å². The molecule has 1 aliphatic heterocycles. The number of rotatable bonds is 15. The molecule has 0 unspecified atom stereocenters. The van der Waals surface area contributed by atoms with Crippen molar-refractivity contribution in [3.63, 3.8) is 0 Å². The number of nitrogens with one attached hydrogen (secondary N) is 1. The van der Waals surface area contributed by atoms with Crippen LogP contribution in [0.5, 0.6) is 0 Å². The van der Waals surface area contributed by atoms with E-state index in [0.717, 1.165) is 46.5 Å². The van der Waals surface area contributed by atoms with Crippen molar-refractivity contribution < 1.29 is 29.3 Å². The van der Waals surface area contributed by atoms with Crippen LogP contribution in [0.4, 0.5) is 0 Å². The molecule has 0 bridgehead atoms. The van der Waals surface area contributed by atoms with Crippen molar-refractivity contribution in [2.24, 2.45) is 0 Å². The number of ether oxygens (including phenoxy) is 2. The van der Waals surface area contributed by atoms with Crippen molar-refractivity contribution in [2.45, 2.75) is 63.8 Å². The van der Waals surface area contributed by atoms with E-state index in [2.05, 4.69) is 36.0 Å². The van der Waals surface area contributed by atoms with Crippen molar-refractivity contribution in [3.05, 3.63) is 108 Å². The van der Waals surface area contributed by atoms with Gasteiger partial charge in [-0.15, -0.1) is 6.58 Å². The molecule has 1 saturated heterocycles.